The molecule has 1 aromatic rings. The van der Waals surface area contributed by atoms with Crippen molar-refractivity contribution in [2.45, 2.75) is 32.7 Å². The van der Waals surface area contributed by atoms with Crippen molar-refractivity contribution in [2.24, 2.45) is 5.73 Å². The van der Waals surface area contributed by atoms with Crippen LogP contribution in [0.1, 0.15) is 31.9 Å². The standard InChI is InChI=1S/C11H16FNO/c1-11(2,3)8-4-7(6-13)10(14)9(12)5-8/h4-5,14H,6,13H2,1-3H3. The lowest BCUT2D eigenvalue weighted by atomic mass is 9.86. The zero-order valence-electron chi connectivity index (χ0n) is 8.76. The quantitative estimate of drug-likeness (QED) is 0.725. The van der Waals surface area contributed by atoms with Gasteiger partial charge in [-0.2, -0.15) is 0 Å². The second-order valence-corrected chi connectivity index (χ2v) is 4.42. The lowest BCUT2D eigenvalue weighted by Crippen LogP contribution is -2.13. The minimum Gasteiger partial charge on any atom is -0.505 e. The molecule has 0 spiro atoms. The molecule has 1 rings (SSSR count). The molecule has 0 fully saturated rings. The number of nitrogens with two attached hydrogens (primary N) is 1. The summed E-state index contributed by atoms with van der Waals surface area (Å²) in [7, 11) is 0. The minimum absolute atomic E-state index is 0.140. The molecule has 0 radical (unpaired) electrons. The van der Waals surface area contributed by atoms with E-state index in [1.807, 2.05) is 20.8 Å². The Morgan fingerprint density at radius 1 is 1.36 bits per heavy atom. The number of benzene rings is 1. The molecule has 0 aliphatic rings. The van der Waals surface area contributed by atoms with Gasteiger partial charge in [-0.1, -0.05) is 26.8 Å². The van der Waals surface area contributed by atoms with Crippen LogP contribution in [0.25, 0.3) is 0 Å². The third kappa shape index (κ3) is 2.04. The highest BCUT2D eigenvalue weighted by atomic mass is 19.1. The van der Waals surface area contributed by atoms with Crippen LogP contribution in [-0.4, -0.2) is 5.11 Å². The summed E-state index contributed by atoms with van der Waals surface area (Å²) in [5.74, 6) is -0.932. The molecule has 3 N–H and O–H groups in total. The van der Waals surface area contributed by atoms with Gasteiger partial charge in [0.2, 0.25) is 0 Å². The predicted octanol–water partition coefficient (Wildman–Crippen LogP) is 2.29. The average molecular weight is 197 g/mol. The van der Waals surface area contributed by atoms with E-state index in [2.05, 4.69) is 0 Å². The Bertz CT molecular complexity index is 342. The molecule has 0 atom stereocenters. The number of halogens is 1. The summed E-state index contributed by atoms with van der Waals surface area (Å²) in [6, 6.07) is 3.10. The summed E-state index contributed by atoms with van der Waals surface area (Å²) in [4.78, 5) is 0. The Hall–Kier alpha value is -1.09. The van der Waals surface area contributed by atoms with Crippen LogP contribution in [0, 0.1) is 5.82 Å². The van der Waals surface area contributed by atoms with E-state index < -0.39 is 5.82 Å². The molecule has 0 saturated carbocycles. The monoisotopic (exact) mass is 197 g/mol. The maximum atomic E-state index is 13.3. The summed E-state index contributed by atoms with van der Waals surface area (Å²) in [6.45, 7) is 6.10. The summed E-state index contributed by atoms with van der Waals surface area (Å²) in [6.07, 6.45) is 0. The molecule has 2 nitrogen and oxygen atoms in total. The highest BCUT2D eigenvalue weighted by molar-refractivity contribution is 5.39. The first-order chi connectivity index (χ1) is 6.36. The first-order valence-corrected chi connectivity index (χ1v) is 4.58. The third-order valence-corrected chi connectivity index (χ3v) is 2.23. The summed E-state index contributed by atoms with van der Waals surface area (Å²) < 4.78 is 13.3. The van der Waals surface area contributed by atoms with E-state index >= 15 is 0 Å². The van der Waals surface area contributed by atoms with Crippen LogP contribution in [0.5, 0.6) is 5.75 Å². The van der Waals surface area contributed by atoms with E-state index in [-0.39, 0.29) is 17.7 Å². The number of phenolic OH excluding ortho intramolecular Hbond substituents is 1. The molecular weight excluding hydrogens is 181 g/mol. The summed E-state index contributed by atoms with van der Waals surface area (Å²) in [5.41, 5.74) is 6.56. The van der Waals surface area contributed by atoms with E-state index in [0.717, 1.165) is 5.56 Å². The molecule has 0 aliphatic carbocycles. The van der Waals surface area contributed by atoms with Gasteiger partial charge in [-0.3, -0.25) is 0 Å². The van der Waals surface area contributed by atoms with E-state index in [1.165, 1.54) is 6.07 Å². The molecule has 0 aromatic heterocycles. The van der Waals surface area contributed by atoms with Crippen molar-refractivity contribution in [2.75, 3.05) is 0 Å². The molecule has 0 unspecified atom stereocenters. The molecule has 0 amide bonds. The van der Waals surface area contributed by atoms with Gasteiger partial charge in [-0.25, -0.2) is 4.39 Å². The number of rotatable bonds is 1. The molecule has 0 heterocycles. The van der Waals surface area contributed by atoms with Gasteiger partial charge in [0.1, 0.15) is 0 Å². The zero-order valence-corrected chi connectivity index (χ0v) is 8.76. The van der Waals surface area contributed by atoms with Gasteiger partial charge in [0.05, 0.1) is 0 Å². The van der Waals surface area contributed by atoms with Gasteiger partial charge in [0.25, 0.3) is 0 Å². The molecule has 0 bridgehead atoms. The number of phenols is 1. The fourth-order valence-corrected chi connectivity index (χ4v) is 1.24. The lowest BCUT2D eigenvalue weighted by molar-refractivity contribution is 0.423. The van der Waals surface area contributed by atoms with Crippen molar-refractivity contribution in [3.8, 4) is 5.75 Å². The van der Waals surface area contributed by atoms with Gasteiger partial charge in [-0.15, -0.1) is 0 Å². The van der Waals surface area contributed by atoms with Crippen LogP contribution in [0.2, 0.25) is 0 Å². The van der Waals surface area contributed by atoms with Crippen LogP contribution in [0.4, 0.5) is 4.39 Å². The first kappa shape index (κ1) is 11.0. The Kier molecular flexibility index (Phi) is 2.81. The average Bonchev–Trinajstić information content (AvgIpc) is 2.07. The topological polar surface area (TPSA) is 46.2 Å². The Balaban J connectivity index is 3.30. The SMILES string of the molecule is CC(C)(C)c1cc(F)c(O)c(CN)c1. The fourth-order valence-electron chi connectivity index (χ4n) is 1.24. The largest absolute Gasteiger partial charge is 0.505 e. The molecule has 3 heteroatoms. The van der Waals surface area contributed by atoms with Crippen LogP contribution >= 0.6 is 0 Å². The zero-order chi connectivity index (χ0) is 10.9. The van der Waals surface area contributed by atoms with Crippen molar-refractivity contribution in [1.82, 2.24) is 0 Å². The fraction of sp³-hybridized carbons (Fsp3) is 0.455. The van der Waals surface area contributed by atoms with Gasteiger partial charge >= 0.3 is 0 Å². The first-order valence-electron chi connectivity index (χ1n) is 4.58. The molecule has 14 heavy (non-hydrogen) atoms. The predicted molar refractivity (Wildman–Crippen MR) is 54.7 cm³/mol. The van der Waals surface area contributed by atoms with Gasteiger partial charge in [0.15, 0.2) is 11.6 Å². The third-order valence-electron chi connectivity index (χ3n) is 2.23. The highest BCUT2D eigenvalue weighted by Crippen LogP contribution is 2.29. The summed E-state index contributed by atoms with van der Waals surface area (Å²) in [5, 5.41) is 9.33. The van der Waals surface area contributed by atoms with E-state index in [4.69, 9.17) is 5.73 Å². The summed E-state index contributed by atoms with van der Waals surface area (Å²) >= 11 is 0. The minimum atomic E-state index is -0.599. The maximum absolute atomic E-state index is 13.3. The molecular formula is C11H16FNO. The van der Waals surface area contributed by atoms with Crippen molar-refractivity contribution in [3.05, 3.63) is 29.1 Å². The smallest absolute Gasteiger partial charge is 0.165 e. The molecule has 1 aromatic carbocycles. The van der Waals surface area contributed by atoms with Crippen LogP contribution in [0.3, 0.4) is 0 Å². The second kappa shape index (κ2) is 3.58. The van der Waals surface area contributed by atoms with E-state index in [0.29, 0.717) is 5.56 Å². The van der Waals surface area contributed by atoms with Crippen molar-refractivity contribution >= 4 is 0 Å². The van der Waals surface area contributed by atoms with Crippen molar-refractivity contribution < 1.29 is 9.50 Å². The molecule has 0 saturated heterocycles. The van der Waals surface area contributed by atoms with E-state index in [9.17, 15) is 9.50 Å². The highest BCUT2D eigenvalue weighted by Gasteiger charge is 2.17. The molecule has 78 valence electrons. The number of aromatic hydroxyl groups is 1. The number of hydrogen-bond donors (Lipinski definition) is 2. The van der Waals surface area contributed by atoms with Gasteiger partial charge < -0.3 is 10.8 Å². The maximum Gasteiger partial charge on any atom is 0.165 e. The van der Waals surface area contributed by atoms with Gasteiger partial charge in [-0.05, 0) is 17.0 Å². The molecule has 0 aliphatic heterocycles. The Labute approximate surface area is 83.6 Å². The van der Waals surface area contributed by atoms with Crippen molar-refractivity contribution in [1.29, 1.82) is 0 Å². The Morgan fingerprint density at radius 3 is 2.36 bits per heavy atom. The van der Waals surface area contributed by atoms with Crippen LogP contribution in [-0.2, 0) is 12.0 Å². The normalized spacial score (nSPS) is 11.8. The Morgan fingerprint density at radius 2 is 1.93 bits per heavy atom. The van der Waals surface area contributed by atoms with Crippen LogP contribution in [0.15, 0.2) is 12.1 Å². The lowest BCUT2D eigenvalue weighted by Gasteiger charge is -2.20. The van der Waals surface area contributed by atoms with E-state index in [1.54, 1.807) is 6.07 Å². The van der Waals surface area contributed by atoms with Crippen molar-refractivity contribution in [3.63, 3.8) is 0 Å². The second-order valence-electron chi connectivity index (χ2n) is 4.42. The number of hydrogen-bond acceptors (Lipinski definition) is 2. The van der Waals surface area contributed by atoms with Gasteiger partial charge in [0, 0.05) is 12.1 Å². The van der Waals surface area contributed by atoms with Crippen LogP contribution < -0.4 is 5.73 Å².